The van der Waals surface area contributed by atoms with Crippen LogP contribution in [0.1, 0.15) is 17.3 Å². The SMILES string of the molecule is C#CCNCc1nc(Cc2cccc(Cl)c2F)no1. The second-order valence-electron chi connectivity index (χ2n) is 3.80. The molecule has 2 rings (SSSR count). The number of rotatable bonds is 5. The van der Waals surface area contributed by atoms with Gasteiger partial charge in [-0.15, -0.1) is 6.42 Å². The Kier molecular flexibility index (Phi) is 4.50. The first-order chi connectivity index (χ1) is 9.20. The summed E-state index contributed by atoms with van der Waals surface area (Å²) in [6.07, 6.45) is 5.32. The lowest BCUT2D eigenvalue weighted by Gasteiger charge is -2.00. The van der Waals surface area contributed by atoms with Gasteiger partial charge in [0.05, 0.1) is 18.1 Å². The summed E-state index contributed by atoms with van der Waals surface area (Å²) in [4.78, 5) is 4.13. The molecule has 2 aromatic rings. The van der Waals surface area contributed by atoms with Crippen LogP contribution in [0.15, 0.2) is 22.7 Å². The summed E-state index contributed by atoms with van der Waals surface area (Å²) in [5, 5.41) is 6.78. The van der Waals surface area contributed by atoms with Crippen molar-refractivity contribution in [2.45, 2.75) is 13.0 Å². The molecule has 0 bridgehead atoms. The molecule has 0 aliphatic rings. The Bertz CT molecular complexity index is 606. The van der Waals surface area contributed by atoms with Gasteiger partial charge in [-0.25, -0.2) is 4.39 Å². The summed E-state index contributed by atoms with van der Waals surface area (Å²) < 4.78 is 18.7. The normalized spacial score (nSPS) is 10.4. The zero-order chi connectivity index (χ0) is 13.7. The molecule has 1 heterocycles. The minimum Gasteiger partial charge on any atom is -0.338 e. The lowest BCUT2D eigenvalue weighted by Crippen LogP contribution is -2.13. The van der Waals surface area contributed by atoms with Gasteiger partial charge in [-0.1, -0.05) is 34.8 Å². The second-order valence-corrected chi connectivity index (χ2v) is 4.21. The molecule has 0 amide bonds. The van der Waals surface area contributed by atoms with Gasteiger partial charge >= 0.3 is 0 Å². The molecule has 1 N–H and O–H groups in total. The third-order valence-corrected chi connectivity index (χ3v) is 2.69. The molecular formula is C13H11ClFN3O. The van der Waals surface area contributed by atoms with E-state index in [9.17, 15) is 4.39 Å². The molecule has 0 saturated heterocycles. The van der Waals surface area contributed by atoms with Crippen molar-refractivity contribution in [3.05, 3.63) is 46.3 Å². The predicted molar refractivity (Wildman–Crippen MR) is 69.1 cm³/mol. The van der Waals surface area contributed by atoms with Crippen molar-refractivity contribution >= 4 is 11.6 Å². The van der Waals surface area contributed by atoms with E-state index >= 15 is 0 Å². The molecule has 0 spiro atoms. The van der Waals surface area contributed by atoms with Crippen LogP contribution in [0.2, 0.25) is 5.02 Å². The molecule has 4 nitrogen and oxygen atoms in total. The van der Waals surface area contributed by atoms with Crippen molar-refractivity contribution in [1.29, 1.82) is 0 Å². The molecule has 0 radical (unpaired) electrons. The highest BCUT2D eigenvalue weighted by molar-refractivity contribution is 6.30. The Hall–Kier alpha value is -1.90. The van der Waals surface area contributed by atoms with Gasteiger partial charge in [0.2, 0.25) is 5.89 Å². The zero-order valence-corrected chi connectivity index (χ0v) is 10.7. The number of aromatic nitrogens is 2. The molecule has 0 unspecified atom stereocenters. The van der Waals surface area contributed by atoms with Crippen LogP contribution >= 0.6 is 11.6 Å². The Balaban J connectivity index is 2.04. The first-order valence-corrected chi connectivity index (χ1v) is 5.97. The van der Waals surface area contributed by atoms with Gasteiger partial charge in [-0.05, 0) is 11.6 Å². The van der Waals surface area contributed by atoms with E-state index in [0.717, 1.165) is 0 Å². The van der Waals surface area contributed by atoms with E-state index in [-0.39, 0.29) is 11.4 Å². The Morgan fingerprint density at radius 2 is 2.32 bits per heavy atom. The quantitative estimate of drug-likeness (QED) is 0.673. The first-order valence-electron chi connectivity index (χ1n) is 5.59. The average Bonchev–Trinajstić information content (AvgIpc) is 2.83. The molecule has 98 valence electrons. The minimum absolute atomic E-state index is 0.0805. The van der Waals surface area contributed by atoms with Crippen LogP contribution in [0.25, 0.3) is 0 Å². The van der Waals surface area contributed by atoms with Crippen LogP contribution in [0, 0.1) is 18.2 Å². The predicted octanol–water partition coefficient (Wildman–Crippen LogP) is 2.18. The number of hydrogen-bond acceptors (Lipinski definition) is 4. The lowest BCUT2D eigenvalue weighted by molar-refractivity contribution is 0.366. The van der Waals surface area contributed by atoms with E-state index < -0.39 is 5.82 Å². The summed E-state index contributed by atoms with van der Waals surface area (Å²) in [7, 11) is 0. The van der Waals surface area contributed by atoms with Crippen LogP contribution in [-0.4, -0.2) is 16.7 Å². The number of halogens is 2. The number of nitrogens with one attached hydrogen (secondary N) is 1. The van der Waals surface area contributed by atoms with Crippen molar-refractivity contribution in [3.63, 3.8) is 0 Å². The molecule has 19 heavy (non-hydrogen) atoms. The van der Waals surface area contributed by atoms with Gasteiger partial charge in [-0.2, -0.15) is 4.98 Å². The lowest BCUT2D eigenvalue weighted by atomic mass is 10.1. The molecular weight excluding hydrogens is 269 g/mol. The summed E-state index contributed by atoms with van der Waals surface area (Å²) in [6.45, 7) is 0.801. The maximum Gasteiger partial charge on any atom is 0.240 e. The van der Waals surface area contributed by atoms with Gasteiger partial charge in [0.25, 0.3) is 0 Å². The van der Waals surface area contributed by atoms with E-state index in [1.165, 1.54) is 6.07 Å². The maximum absolute atomic E-state index is 13.7. The van der Waals surface area contributed by atoms with Gasteiger partial charge in [0.15, 0.2) is 5.82 Å². The summed E-state index contributed by atoms with van der Waals surface area (Å²) in [6, 6.07) is 4.80. The Morgan fingerprint density at radius 3 is 3.11 bits per heavy atom. The molecule has 1 aromatic carbocycles. The first kappa shape index (κ1) is 13.5. The van der Waals surface area contributed by atoms with Crippen molar-refractivity contribution in [3.8, 4) is 12.3 Å². The van der Waals surface area contributed by atoms with Crippen LogP contribution in [-0.2, 0) is 13.0 Å². The van der Waals surface area contributed by atoms with Crippen LogP contribution in [0.3, 0.4) is 0 Å². The monoisotopic (exact) mass is 279 g/mol. The minimum atomic E-state index is -0.457. The van der Waals surface area contributed by atoms with Crippen LogP contribution < -0.4 is 5.32 Å². The van der Waals surface area contributed by atoms with Gasteiger partial charge in [0, 0.05) is 6.42 Å². The second kappa shape index (κ2) is 6.32. The maximum atomic E-state index is 13.7. The van der Waals surface area contributed by atoms with Gasteiger partial charge < -0.3 is 4.52 Å². The highest BCUT2D eigenvalue weighted by atomic mass is 35.5. The van der Waals surface area contributed by atoms with Crippen molar-refractivity contribution < 1.29 is 8.91 Å². The van der Waals surface area contributed by atoms with Crippen molar-refractivity contribution in [2.24, 2.45) is 0 Å². The molecule has 0 aliphatic carbocycles. The van der Waals surface area contributed by atoms with E-state index in [1.54, 1.807) is 12.1 Å². The number of terminal acetylenes is 1. The molecule has 0 atom stereocenters. The molecule has 1 aromatic heterocycles. The topological polar surface area (TPSA) is 51.0 Å². The Morgan fingerprint density at radius 1 is 1.47 bits per heavy atom. The fourth-order valence-corrected chi connectivity index (χ4v) is 1.72. The zero-order valence-electron chi connectivity index (χ0n) is 9.99. The average molecular weight is 280 g/mol. The van der Waals surface area contributed by atoms with E-state index in [4.69, 9.17) is 22.5 Å². The largest absolute Gasteiger partial charge is 0.338 e. The number of nitrogens with zero attached hydrogens (tertiary/aromatic N) is 2. The smallest absolute Gasteiger partial charge is 0.240 e. The van der Waals surface area contributed by atoms with E-state index in [0.29, 0.717) is 30.4 Å². The fraction of sp³-hybridized carbons (Fsp3) is 0.231. The molecule has 0 saturated carbocycles. The van der Waals surface area contributed by atoms with Crippen molar-refractivity contribution in [2.75, 3.05) is 6.54 Å². The van der Waals surface area contributed by atoms with Crippen molar-refractivity contribution in [1.82, 2.24) is 15.5 Å². The number of benzene rings is 1. The van der Waals surface area contributed by atoms with E-state index in [1.807, 2.05) is 0 Å². The molecule has 0 aliphatic heterocycles. The van der Waals surface area contributed by atoms with Crippen LogP contribution in [0.5, 0.6) is 0 Å². The summed E-state index contributed by atoms with van der Waals surface area (Å²) >= 11 is 5.70. The molecule has 0 fully saturated rings. The van der Waals surface area contributed by atoms with Gasteiger partial charge in [0.1, 0.15) is 5.82 Å². The van der Waals surface area contributed by atoms with Gasteiger partial charge in [-0.3, -0.25) is 5.32 Å². The Labute approximate surface area is 115 Å². The third kappa shape index (κ3) is 3.53. The summed E-state index contributed by atoms with van der Waals surface area (Å²) in [5.74, 6) is 2.79. The fourth-order valence-electron chi connectivity index (χ4n) is 1.53. The number of hydrogen-bond donors (Lipinski definition) is 1. The summed E-state index contributed by atoms with van der Waals surface area (Å²) in [5.41, 5.74) is 0.427. The highest BCUT2D eigenvalue weighted by Gasteiger charge is 2.11. The molecule has 6 heteroatoms. The third-order valence-electron chi connectivity index (χ3n) is 2.39. The standard InChI is InChI=1S/C13H11ClFN3O/c1-2-6-16-8-12-17-11(18-19-12)7-9-4-3-5-10(14)13(9)15/h1,3-5,16H,6-8H2. The highest BCUT2D eigenvalue weighted by Crippen LogP contribution is 2.19. The van der Waals surface area contributed by atoms with Crippen LogP contribution in [0.4, 0.5) is 4.39 Å². The van der Waals surface area contributed by atoms with E-state index in [2.05, 4.69) is 21.4 Å².